The van der Waals surface area contributed by atoms with Crippen LogP contribution >= 0.6 is 28.7 Å². The van der Waals surface area contributed by atoms with Crippen LogP contribution in [0.4, 0.5) is 0 Å². The molecule has 0 spiro atoms. The normalized spacial score (nSPS) is 15.0. The van der Waals surface area contributed by atoms with Crippen LogP contribution in [0.2, 0.25) is 0 Å². The van der Waals surface area contributed by atoms with Crippen LogP contribution in [0.1, 0.15) is 70.0 Å². The lowest BCUT2D eigenvalue weighted by atomic mass is 9.78. The maximum absolute atomic E-state index is 12.8. The molecule has 1 N–H and O–H groups in total. The van der Waals surface area contributed by atoms with Crippen LogP contribution in [-0.2, 0) is 10.8 Å². The van der Waals surface area contributed by atoms with Gasteiger partial charge in [0.05, 0.1) is 12.4 Å². The molecule has 1 aliphatic heterocycles. The topological polar surface area (TPSA) is 40.5 Å². The van der Waals surface area contributed by atoms with E-state index in [9.17, 15) is 9.90 Å². The zero-order valence-corrected chi connectivity index (χ0v) is 18.8. The number of hydrogen-bond acceptors (Lipinski definition) is 4. The zero-order chi connectivity index (χ0) is 18.3. The van der Waals surface area contributed by atoms with Crippen LogP contribution in [0.25, 0.3) is 0 Å². The molecular weight excluding hydrogens is 398 g/mol. The van der Waals surface area contributed by atoms with E-state index in [4.69, 9.17) is 0 Å². The molecular formula is C20H30BrNO2S. The van der Waals surface area contributed by atoms with Crippen molar-refractivity contribution in [2.45, 2.75) is 59.3 Å². The number of ketones is 1. The van der Waals surface area contributed by atoms with Crippen LogP contribution in [0.5, 0.6) is 5.75 Å². The van der Waals surface area contributed by atoms with Gasteiger partial charge in [-0.1, -0.05) is 41.5 Å². The van der Waals surface area contributed by atoms with Crippen molar-refractivity contribution in [2.24, 2.45) is 0 Å². The van der Waals surface area contributed by atoms with Gasteiger partial charge < -0.3 is 10.0 Å². The Morgan fingerprint density at radius 3 is 1.96 bits per heavy atom. The maximum atomic E-state index is 12.8. The van der Waals surface area contributed by atoms with E-state index in [-0.39, 0.29) is 33.6 Å². The number of carbonyl (C=O) groups is 1. The van der Waals surface area contributed by atoms with Crippen molar-refractivity contribution in [3.8, 4) is 5.75 Å². The Balaban J connectivity index is 0.00000312. The fourth-order valence-electron chi connectivity index (χ4n) is 2.82. The lowest BCUT2D eigenvalue weighted by molar-refractivity contribution is 0.0963. The Labute approximate surface area is 166 Å². The van der Waals surface area contributed by atoms with Crippen molar-refractivity contribution in [1.82, 2.24) is 4.90 Å². The molecule has 3 nitrogen and oxygen atoms in total. The summed E-state index contributed by atoms with van der Waals surface area (Å²) in [4.78, 5) is 16.1. The van der Waals surface area contributed by atoms with E-state index < -0.39 is 0 Å². The first-order chi connectivity index (χ1) is 10.9. The largest absolute Gasteiger partial charge is 0.507 e. The first kappa shape index (κ1) is 22.1. The van der Waals surface area contributed by atoms with E-state index in [0.717, 1.165) is 17.0 Å². The molecule has 1 heterocycles. The first-order valence-electron chi connectivity index (χ1n) is 8.36. The van der Waals surface area contributed by atoms with Gasteiger partial charge in [0.1, 0.15) is 5.75 Å². The van der Waals surface area contributed by atoms with Gasteiger partial charge in [-0.25, -0.2) is 0 Å². The summed E-state index contributed by atoms with van der Waals surface area (Å²) in [6.45, 7) is 14.8. The highest BCUT2D eigenvalue weighted by Gasteiger charge is 2.28. The third-order valence-electron chi connectivity index (χ3n) is 4.22. The first-order valence-corrected chi connectivity index (χ1v) is 9.34. The number of allylic oxidation sites excluding steroid dienone is 1. The molecule has 140 valence electrons. The lowest BCUT2D eigenvalue weighted by Gasteiger charge is -2.28. The molecule has 0 bridgehead atoms. The van der Waals surface area contributed by atoms with Gasteiger partial charge in [-0.3, -0.25) is 4.79 Å². The number of carbonyl (C=O) groups excluding carboxylic acids is 1. The second-order valence-corrected chi connectivity index (χ2v) is 9.79. The molecule has 0 atom stereocenters. The van der Waals surface area contributed by atoms with Crippen molar-refractivity contribution in [3.63, 3.8) is 0 Å². The summed E-state index contributed by atoms with van der Waals surface area (Å²) >= 11 is 1.75. The number of aromatic hydroxyl groups is 1. The van der Waals surface area contributed by atoms with Crippen molar-refractivity contribution in [3.05, 3.63) is 39.9 Å². The molecule has 0 aromatic heterocycles. The fourth-order valence-corrected chi connectivity index (χ4v) is 3.58. The van der Waals surface area contributed by atoms with Gasteiger partial charge in [0, 0.05) is 22.9 Å². The molecule has 5 heteroatoms. The van der Waals surface area contributed by atoms with E-state index in [2.05, 4.69) is 48.5 Å². The number of nitrogens with zero attached hydrogens (tertiary/aromatic N) is 1. The van der Waals surface area contributed by atoms with Crippen LogP contribution in [-0.4, -0.2) is 28.2 Å². The highest BCUT2D eigenvalue weighted by atomic mass is 79.9. The van der Waals surface area contributed by atoms with Gasteiger partial charge in [-0.2, -0.15) is 0 Å². The second-order valence-electron chi connectivity index (χ2n) is 8.60. The maximum Gasteiger partial charge on any atom is 0.182 e. The van der Waals surface area contributed by atoms with Gasteiger partial charge in [0.15, 0.2) is 5.78 Å². The predicted molar refractivity (Wildman–Crippen MR) is 113 cm³/mol. The average Bonchev–Trinajstić information content (AvgIpc) is 2.81. The SMILES string of the molecule is Br.CC1=CN(CC(=O)c2cc(C(C)(C)C)c(O)c(C(C)(C)C)c2)CS1. The highest BCUT2D eigenvalue weighted by molar-refractivity contribution is 8.93. The minimum Gasteiger partial charge on any atom is -0.507 e. The summed E-state index contributed by atoms with van der Waals surface area (Å²) in [7, 11) is 0. The molecule has 0 radical (unpaired) electrons. The van der Waals surface area contributed by atoms with E-state index in [0.29, 0.717) is 17.9 Å². The van der Waals surface area contributed by atoms with Crippen molar-refractivity contribution < 1.29 is 9.90 Å². The number of Topliss-reactive ketones (excluding diaryl/α,β-unsaturated/α-hetero) is 1. The molecule has 2 rings (SSSR count). The second kappa shape index (κ2) is 7.75. The van der Waals surface area contributed by atoms with Crippen molar-refractivity contribution >= 4 is 34.5 Å². The van der Waals surface area contributed by atoms with Gasteiger partial charge in [-0.05, 0) is 34.8 Å². The molecule has 0 saturated carbocycles. The standard InChI is InChI=1S/C20H29NO2S.BrH/c1-13-10-21(12-24-13)11-17(22)14-8-15(19(2,3)4)18(23)16(9-14)20(5,6)7;/h8-10,23H,11-12H2,1-7H3;1H. The quantitative estimate of drug-likeness (QED) is 0.635. The van der Waals surface area contributed by atoms with E-state index in [1.54, 1.807) is 11.8 Å². The van der Waals surface area contributed by atoms with Gasteiger partial charge in [-0.15, -0.1) is 28.7 Å². The number of phenolic OH excluding ortho intramolecular Hbond substituents is 1. The Morgan fingerprint density at radius 2 is 1.60 bits per heavy atom. The monoisotopic (exact) mass is 427 g/mol. The van der Waals surface area contributed by atoms with Gasteiger partial charge in [0.2, 0.25) is 0 Å². The smallest absolute Gasteiger partial charge is 0.182 e. The molecule has 0 fully saturated rings. The van der Waals surface area contributed by atoms with Gasteiger partial charge >= 0.3 is 0 Å². The molecule has 25 heavy (non-hydrogen) atoms. The number of halogens is 1. The molecule has 0 saturated heterocycles. The minimum absolute atomic E-state index is 0. The van der Waals surface area contributed by atoms with E-state index in [1.165, 1.54) is 4.91 Å². The summed E-state index contributed by atoms with van der Waals surface area (Å²) in [6, 6.07) is 3.74. The average molecular weight is 428 g/mol. The van der Waals surface area contributed by atoms with Crippen molar-refractivity contribution in [1.29, 1.82) is 0 Å². The van der Waals surface area contributed by atoms with E-state index >= 15 is 0 Å². The summed E-state index contributed by atoms with van der Waals surface area (Å²) in [5, 5.41) is 10.8. The number of phenols is 1. The zero-order valence-electron chi connectivity index (χ0n) is 16.3. The number of rotatable bonds is 3. The molecule has 0 unspecified atom stereocenters. The lowest BCUT2D eigenvalue weighted by Crippen LogP contribution is -2.24. The molecule has 0 aliphatic carbocycles. The third-order valence-corrected chi connectivity index (χ3v) is 5.24. The number of benzene rings is 1. The van der Waals surface area contributed by atoms with Crippen molar-refractivity contribution in [2.75, 3.05) is 12.4 Å². The summed E-state index contributed by atoms with van der Waals surface area (Å²) in [6.07, 6.45) is 2.04. The molecule has 0 amide bonds. The summed E-state index contributed by atoms with van der Waals surface area (Å²) in [5.41, 5.74) is 1.91. The molecule has 1 aliphatic rings. The highest BCUT2D eigenvalue weighted by Crippen LogP contribution is 2.40. The Hall–Kier alpha value is -0.940. The Bertz CT molecular complexity index is 649. The van der Waals surface area contributed by atoms with Crippen LogP contribution in [0, 0.1) is 0 Å². The summed E-state index contributed by atoms with van der Waals surface area (Å²) < 4.78 is 0. The summed E-state index contributed by atoms with van der Waals surface area (Å²) in [5.74, 6) is 1.24. The van der Waals surface area contributed by atoms with E-state index in [1.807, 2.05) is 23.2 Å². The molecule has 1 aromatic carbocycles. The molecule has 1 aromatic rings. The number of hydrogen-bond donors (Lipinski definition) is 1. The van der Waals surface area contributed by atoms with Crippen LogP contribution < -0.4 is 0 Å². The Kier molecular flexibility index (Phi) is 6.85. The number of thioether (sulfide) groups is 1. The van der Waals surface area contributed by atoms with Gasteiger partial charge in [0.25, 0.3) is 0 Å². The predicted octanol–water partition coefficient (Wildman–Crippen LogP) is 5.62. The Morgan fingerprint density at radius 1 is 1.12 bits per heavy atom. The third kappa shape index (κ3) is 5.27. The van der Waals surface area contributed by atoms with Crippen LogP contribution in [0.3, 0.4) is 0 Å². The fraction of sp³-hybridized carbons (Fsp3) is 0.550. The van der Waals surface area contributed by atoms with Crippen LogP contribution in [0.15, 0.2) is 23.2 Å². The minimum atomic E-state index is -0.222.